The Balaban J connectivity index is 1.81. The van der Waals surface area contributed by atoms with E-state index in [0.29, 0.717) is 27.8 Å². The number of carbonyl (C=O) groups is 1. The van der Waals surface area contributed by atoms with Crippen molar-refractivity contribution in [3.8, 4) is 0 Å². The molecule has 3 nitrogen and oxygen atoms in total. The van der Waals surface area contributed by atoms with Crippen LogP contribution in [0.5, 0.6) is 0 Å². The summed E-state index contributed by atoms with van der Waals surface area (Å²) in [4.78, 5) is 18.7. The molecule has 0 unspecified atom stereocenters. The fraction of sp³-hybridized carbons (Fsp3) is 0.250. The largest absolute Gasteiger partial charge is 0.331 e. The van der Waals surface area contributed by atoms with Crippen molar-refractivity contribution < 1.29 is 4.79 Å². The fourth-order valence-corrected chi connectivity index (χ4v) is 2.73. The SMILES string of the molecule is O=C(c1ccnc(Br)c1)N(Cc1ccc(Cl)cc1)C1CC1. The van der Waals surface area contributed by atoms with Crippen molar-refractivity contribution in [3.05, 3.63) is 63.3 Å². The predicted molar refractivity (Wildman–Crippen MR) is 86.3 cm³/mol. The monoisotopic (exact) mass is 364 g/mol. The highest BCUT2D eigenvalue weighted by atomic mass is 79.9. The van der Waals surface area contributed by atoms with Crippen LogP contribution in [0.25, 0.3) is 0 Å². The molecule has 108 valence electrons. The molecule has 0 N–H and O–H groups in total. The Kier molecular flexibility index (Phi) is 4.27. The summed E-state index contributed by atoms with van der Waals surface area (Å²) in [7, 11) is 0. The average Bonchev–Trinajstić information content (AvgIpc) is 3.30. The lowest BCUT2D eigenvalue weighted by atomic mass is 10.1. The minimum absolute atomic E-state index is 0.0514. The van der Waals surface area contributed by atoms with Crippen molar-refractivity contribution in [2.24, 2.45) is 0 Å². The second-order valence-electron chi connectivity index (χ2n) is 5.16. The van der Waals surface area contributed by atoms with Crippen LogP contribution in [0.15, 0.2) is 47.2 Å². The standard InChI is InChI=1S/C16H14BrClN2O/c17-15-9-12(7-8-19-15)16(21)20(14-5-6-14)10-11-1-3-13(18)4-2-11/h1-4,7-9,14H,5-6,10H2. The molecule has 21 heavy (non-hydrogen) atoms. The molecule has 0 atom stereocenters. The molecular weight excluding hydrogens is 352 g/mol. The summed E-state index contributed by atoms with van der Waals surface area (Å²) in [5.74, 6) is 0.0514. The minimum atomic E-state index is 0.0514. The molecule has 0 bridgehead atoms. The number of hydrogen-bond donors (Lipinski definition) is 0. The number of benzene rings is 1. The van der Waals surface area contributed by atoms with E-state index in [-0.39, 0.29) is 5.91 Å². The Hall–Kier alpha value is -1.39. The lowest BCUT2D eigenvalue weighted by Crippen LogP contribution is -2.32. The van der Waals surface area contributed by atoms with Gasteiger partial charge in [0, 0.05) is 29.4 Å². The first kappa shape index (κ1) is 14.5. The van der Waals surface area contributed by atoms with Crippen molar-refractivity contribution in [2.75, 3.05) is 0 Å². The van der Waals surface area contributed by atoms with Crippen molar-refractivity contribution in [2.45, 2.75) is 25.4 Å². The van der Waals surface area contributed by atoms with Gasteiger partial charge in [0.25, 0.3) is 5.91 Å². The Morgan fingerprint density at radius 1 is 1.29 bits per heavy atom. The van der Waals surface area contributed by atoms with Gasteiger partial charge in [0.1, 0.15) is 4.60 Å². The zero-order valence-electron chi connectivity index (χ0n) is 11.3. The third-order valence-corrected chi connectivity index (χ3v) is 4.17. The molecule has 1 aliphatic carbocycles. The average molecular weight is 366 g/mol. The van der Waals surface area contributed by atoms with Crippen molar-refractivity contribution in [1.82, 2.24) is 9.88 Å². The molecule has 1 heterocycles. The van der Waals surface area contributed by atoms with Gasteiger partial charge in [-0.15, -0.1) is 0 Å². The van der Waals surface area contributed by atoms with E-state index in [1.165, 1.54) is 0 Å². The molecule has 0 saturated heterocycles. The molecule has 2 aromatic rings. The summed E-state index contributed by atoms with van der Waals surface area (Å²) in [5, 5.41) is 0.709. The first-order chi connectivity index (χ1) is 10.1. The van der Waals surface area contributed by atoms with Crippen LogP contribution in [0.2, 0.25) is 5.02 Å². The van der Waals surface area contributed by atoms with Crippen molar-refractivity contribution in [1.29, 1.82) is 0 Å². The van der Waals surface area contributed by atoms with Gasteiger partial charge in [0.15, 0.2) is 0 Å². The first-order valence-electron chi connectivity index (χ1n) is 6.80. The van der Waals surface area contributed by atoms with E-state index in [1.54, 1.807) is 18.3 Å². The predicted octanol–water partition coefficient (Wildman–Crippen LogP) is 4.30. The van der Waals surface area contributed by atoms with E-state index in [9.17, 15) is 4.79 Å². The highest BCUT2D eigenvalue weighted by Gasteiger charge is 2.33. The lowest BCUT2D eigenvalue weighted by molar-refractivity contribution is 0.0729. The van der Waals surface area contributed by atoms with Gasteiger partial charge in [-0.25, -0.2) is 4.98 Å². The molecule has 0 spiro atoms. The first-order valence-corrected chi connectivity index (χ1v) is 7.97. The van der Waals surface area contributed by atoms with Crippen LogP contribution in [0, 0.1) is 0 Å². The second-order valence-corrected chi connectivity index (χ2v) is 6.41. The quantitative estimate of drug-likeness (QED) is 0.757. The summed E-state index contributed by atoms with van der Waals surface area (Å²) >= 11 is 9.22. The summed E-state index contributed by atoms with van der Waals surface area (Å²) < 4.78 is 0.676. The van der Waals surface area contributed by atoms with E-state index in [4.69, 9.17) is 11.6 Å². The number of aromatic nitrogens is 1. The number of pyridine rings is 1. The summed E-state index contributed by atoms with van der Waals surface area (Å²) in [6, 6.07) is 11.5. The van der Waals surface area contributed by atoms with Gasteiger partial charge in [-0.1, -0.05) is 23.7 Å². The van der Waals surface area contributed by atoms with Crippen LogP contribution in [0.4, 0.5) is 0 Å². The van der Waals surface area contributed by atoms with Gasteiger partial charge in [-0.2, -0.15) is 0 Å². The summed E-state index contributed by atoms with van der Waals surface area (Å²) in [5.41, 5.74) is 1.76. The fourth-order valence-electron chi connectivity index (χ4n) is 2.24. The molecule has 0 radical (unpaired) electrons. The number of amides is 1. The van der Waals surface area contributed by atoms with E-state index in [2.05, 4.69) is 20.9 Å². The second kappa shape index (κ2) is 6.16. The van der Waals surface area contributed by atoms with Gasteiger partial charge < -0.3 is 4.90 Å². The van der Waals surface area contributed by atoms with Gasteiger partial charge in [-0.3, -0.25) is 4.79 Å². The Morgan fingerprint density at radius 3 is 2.62 bits per heavy atom. The number of halogens is 2. The van der Waals surface area contributed by atoms with Gasteiger partial charge in [-0.05, 0) is 58.6 Å². The Labute approximate surface area is 137 Å². The molecule has 1 fully saturated rings. The number of hydrogen-bond acceptors (Lipinski definition) is 2. The van der Waals surface area contributed by atoms with E-state index in [1.807, 2.05) is 29.2 Å². The van der Waals surface area contributed by atoms with E-state index < -0.39 is 0 Å². The van der Waals surface area contributed by atoms with E-state index >= 15 is 0 Å². The highest BCUT2D eigenvalue weighted by Crippen LogP contribution is 2.30. The summed E-state index contributed by atoms with van der Waals surface area (Å²) in [6.07, 6.45) is 3.79. The third-order valence-electron chi connectivity index (χ3n) is 3.49. The van der Waals surface area contributed by atoms with Crippen LogP contribution >= 0.6 is 27.5 Å². The molecular formula is C16H14BrClN2O. The van der Waals surface area contributed by atoms with Crippen LogP contribution in [-0.2, 0) is 6.54 Å². The molecule has 1 saturated carbocycles. The molecule has 1 aliphatic rings. The minimum Gasteiger partial charge on any atom is -0.331 e. The maximum Gasteiger partial charge on any atom is 0.254 e. The molecule has 0 aliphatic heterocycles. The Bertz CT molecular complexity index is 656. The summed E-state index contributed by atoms with van der Waals surface area (Å²) in [6.45, 7) is 0.612. The topological polar surface area (TPSA) is 33.2 Å². The maximum absolute atomic E-state index is 12.7. The number of rotatable bonds is 4. The van der Waals surface area contributed by atoms with Crippen molar-refractivity contribution in [3.63, 3.8) is 0 Å². The molecule has 5 heteroatoms. The zero-order chi connectivity index (χ0) is 14.8. The lowest BCUT2D eigenvalue weighted by Gasteiger charge is -2.22. The number of carbonyl (C=O) groups excluding carboxylic acids is 1. The maximum atomic E-state index is 12.7. The Morgan fingerprint density at radius 2 is 2.00 bits per heavy atom. The number of nitrogens with zero attached hydrogens (tertiary/aromatic N) is 2. The molecule has 1 aromatic heterocycles. The third kappa shape index (κ3) is 3.63. The van der Waals surface area contributed by atoms with Gasteiger partial charge in [0.05, 0.1) is 0 Å². The normalized spacial score (nSPS) is 14.0. The van der Waals surface area contributed by atoms with Crippen LogP contribution < -0.4 is 0 Å². The molecule has 3 rings (SSSR count). The highest BCUT2D eigenvalue weighted by molar-refractivity contribution is 9.10. The van der Waals surface area contributed by atoms with Crippen LogP contribution in [-0.4, -0.2) is 21.8 Å². The van der Waals surface area contributed by atoms with Gasteiger partial charge >= 0.3 is 0 Å². The van der Waals surface area contributed by atoms with Crippen LogP contribution in [0.1, 0.15) is 28.8 Å². The smallest absolute Gasteiger partial charge is 0.254 e. The van der Waals surface area contributed by atoms with E-state index in [0.717, 1.165) is 18.4 Å². The van der Waals surface area contributed by atoms with Crippen molar-refractivity contribution >= 4 is 33.4 Å². The van der Waals surface area contributed by atoms with Gasteiger partial charge in [0.2, 0.25) is 0 Å². The molecule has 1 amide bonds. The van der Waals surface area contributed by atoms with Crippen LogP contribution in [0.3, 0.4) is 0 Å². The zero-order valence-corrected chi connectivity index (χ0v) is 13.6. The molecule has 1 aromatic carbocycles.